The molecule has 0 bridgehead atoms. The van der Waals surface area contributed by atoms with E-state index in [1.807, 2.05) is 0 Å². The van der Waals surface area contributed by atoms with Crippen LogP contribution in [0.5, 0.6) is 0 Å². The molecule has 2 nitrogen and oxygen atoms in total. The van der Waals surface area contributed by atoms with Gasteiger partial charge in [-0.2, -0.15) is 0 Å². The number of unbranched alkanes of at least 4 members (excludes halogenated alkanes) is 2. The normalized spacial score (nSPS) is 10.7. The van der Waals surface area contributed by atoms with Crippen molar-refractivity contribution in [3.8, 4) is 0 Å². The van der Waals surface area contributed by atoms with Gasteiger partial charge in [0.05, 0.1) is 0 Å². The second kappa shape index (κ2) is 7.37. The van der Waals surface area contributed by atoms with E-state index in [4.69, 9.17) is 0 Å². The second-order valence-corrected chi connectivity index (χ2v) is 4.22. The lowest BCUT2D eigenvalue weighted by Crippen LogP contribution is -2.03. The Balaban J connectivity index is 2.74. The summed E-state index contributed by atoms with van der Waals surface area (Å²) in [5.41, 5.74) is 2.39. The number of nitrogens with zero attached hydrogens (tertiary/aromatic N) is 2. The van der Waals surface area contributed by atoms with Gasteiger partial charge in [-0.15, -0.1) is 0 Å². The van der Waals surface area contributed by atoms with Crippen molar-refractivity contribution >= 4 is 0 Å². The van der Waals surface area contributed by atoms with Crippen LogP contribution in [0.25, 0.3) is 0 Å². The van der Waals surface area contributed by atoms with Crippen LogP contribution in [0, 0.1) is 6.92 Å². The minimum atomic E-state index is 0.694. The van der Waals surface area contributed by atoms with Gasteiger partial charge in [0.2, 0.25) is 0 Å². The Morgan fingerprint density at radius 3 is 1.88 bits per heavy atom. The van der Waals surface area contributed by atoms with E-state index >= 15 is 0 Å². The average Bonchev–Trinajstić information content (AvgIpc) is 2.33. The Hall–Kier alpha value is -0.920. The standard InChI is InChI=1S/C14H23N2/c1-4-7-9-12-11-13(10-8-5-2)16-14(6-3)15-12/h11H,3-10H2,1-2H3. The molecule has 0 fully saturated rings. The van der Waals surface area contributed by atoms with Gasteiger partial charge >= 0.3 is 0 Å². The number of hydrogen-bond acceptors (Lipinski definition) is 2. The molecule has 1 radical (unpaired) electrons. The highest BCUT2D eigenvalue weighted by Crippen LogP contribution is 2.09. The summed E-state index contributed by atoms with van der Waals surface area (Å²) in [4.78, 5) is 9.05. The van der Waals surface area contributed by atoms with Gasteiger partial charge in [0.15, 0.2) is 0 Å². The molecule has 89 valence electrons. The molecule has 1 heterocycles. The lowest BCUT2D eigenvalue weighted by molar-refractivity contribution is 0.734. The van der Waals surface area contributed by atoms with Crippen molar-refractivity contribution in [3.63, 3.8) is 0 Å². The Morgan fingerprint density at radius 2 is 1.50 bits per heavy atom. The molecule has 0 N–H and O–H groups in total. The Morgan fingerprint density at radius 1 is 1.00 bits per heavy atom. The smallest absolute Gasteiger partial charge is 0.128 e. The fourth-order valence-electron chi connectivity index (χ4n) is 1.70. The molecule has 16 heavy (non-hydrogen) atoms. The highest BCUT2D eigenvalue weighted by atomic mass is 14.9. The lowest BCUT2D eigenvalue weighted by Gasteiger charge is -2.06. The van der Waals surface area contributed by atoms with Crippen molar-refractivity contribution in [1.29, 1.82) is 0 Å². The zero-order chi connectivity index (χ0) is 11.8. The molecular formula is C14H23N2. The van der Waals surface area contributed by atoms with E-state index in [1.54, 1.807) is 0 Å². The van der Waals surface area contributed by atoms with Crippen LogP contribution in [0.2, 0.25) is 0 Å². The first-order chi connectivity index (χ1) is 7.80. The molecule has 0 saturated carbocycles. The van der Waals surface area contributed by atoms with Crippen molar-refractivity contribution in [2.75, 3.05) is 0 Å². The van der Waals surface area contributed by atoms with Gasteiger partial charge in [0, 0.05) is 17.8 Å². The van der Waals surface area contributed by atoms with Crippen LogP contribution in [-0.4, -0.2) is 9.97 Å². The predicted octanol–water partition coefficient (Wildman–Crippen LogP) is 3.54. The first kappa shape index (κ1) is 13.1. The maximum absolute atomic E-state index is 4.52. The van der Waals surface area contributed by atoms with Crippen LogP contribution in [0.1, 0.15) is 56.7 Å². The minimum Gasteiger partial charge on any atom is -0.238 e. The molecule has 0 unspecified atom stereocenters. The Kier molecular flexibility index (Phi) is 6.05. The molecule has 0 atom stereocenters. The third kappa shape index (κ3) is 4.30. The highest BCUT2D eigenvalue weighted by molar-refractivity contribution is 5.12. The molecule has 2 heteroatoms. The van der Waals surface area contributed by atoms with Gasteiger partial charge in [-0.05, 0) is 38.7 Å². The zero-order valence-electron chi connectivity index (χ0n) is 10.6. The number of rotatable bonds is 7. The maximum Gasteiger partial charge on any atom is 0.128 e. The van der Waals surface area contributed by atoms with Crippen LogP contribution in [0.15, 0.2) is 6.07 Å². The van der Waals surface area contributed by atoms with Gasteiger partial charge in [-0.1, -0.05) is 26.7 Å². The van der Waals surface area contributed by atoms with Crippen molar-refractivity contribution < 1.29 is 0 Å². The summed E-state index contributed by atoms with van der Waals surface area (Å²) in [6, 6.07) is 2.17. The molecular weight excluding hydrogens is 196 g/mol. The van der Waals surface area contributed by atoms with Gasteiger partial charge in [-0.3, -0.25) is 0 Å². The molecule has 1 aromatic rings. The largest absolute Gasteiger partial charge is 0.238 e. The van der Waals surface area contributed by atoms with Crippen LogP contribution in [0.4, 0.5) is 0 Å². The predicted molar refractivity (Wildman–Crippen MR) is 68.3 cm³/mol. The van der Waals surface area contributed by atoms with E-state index in [9.17, 15) is 0 Å². The van der Waals surface area contributed by atoms with Gasteiger partial charge in [0.25, 0.3) is 0 Å². The molecule has 0 aliphatic heterocycles. The van der Waals surface area contributed by atoms with E-state index in [0.29, 0.717) is 6.42 Å². The quantitative estimate of drug-likeness (QED) is 0.701. The summed E-state index contributed by atoms with van der Waals surface area (Å²) < 4.78 is 0. The van der Waals surface area contributed by atoms with Gasteiger partial charge < -0.3 is 0 Å². The zero-order valence-corrected chi connectivity index (χ0v) is 10.6. The number of aryl methyl sites for hydroxylation is 2. The lowest BCUT2D eigenvalue weighted by atomic mass is 10.1. The monoisotopic (exact) mass is 219 g/mol. The molecule has 0 aliphatic carbocycles. The fraction of sp³-hybridized carbons (Fsp3) is 0.643. The highest BCUT2D eigenvalue weighted by Gasteiger charge is 2.03. The molecule has 0 amide bonds. The maximum atomic E-state index is 4.52. The van der Waals surface area contributed by atoms with Crippen LogP contribution >= 0.6 is 0 Å². The third-order valence-electron chi connectivity index (χ3n) is 2.68. The summed E-state index contributed by atoms with van der Waals surface area (Å²) in [6.07, 6.45) is 7.69. The van der Waals surface area contributed by atoms with Crippen molar-refractivity contribution in [2.24, 2.45) is 0 Å². The summed E-state index contributed by atoms with van der Waals surface area (Å²) in [5.74, 6) is 0.903. The summed E-state index contributed by atoms with van der Waals surface area (Å²) in [5, 5.41) is 0. The topological polar surface area (TPSA) is 25.8 Å². The van der Waals surface area contributed by atoms with Crippen LogP contribution in [-0.2, 0) is 19.3 Å². The molecule has 1 aromatic heterocycles. The number of aromatic nitrogens is 2. The Bertz CT molecular complexity index is 281. The average molecular weight is 219 g/mol. The molecule has 0 saturated heterocycles. The molecule has 0 spiro atoms. The first-order valence-electron chi connectivity index (χ1n) is 6.45. The summed E-state index contributed by atoms with van der Waals surface area (Å²) in [6.45, 7) is 8.29. The number of hydrogen-bond donors (Lipinski definition) is 0. The van der Waals surface area contributed by atoms with E-state index in [2.05, 4.69) is 36.8 Å². The van der Waals surface area contributed by atoms with Gasteiger partial charge in [-0.25, -0.2) is 9.97 Å². The molecule has 1 rings (SSSR count). The Labute approximate surface area is 99.5 Å². The first-order valence-corrected chi connectivity index (χ1v) is 6.45. The summed E-state index contributed by atoms with van der Waals surface area (Å²) in [7, 11) is 0. The van der Waals surface area contributed by atoms with E-state index in [-0.39, 0.29) is 0 Å². The van der Waals surface area contributed by atoms with Crippen LogP contribution in [0.3, 0.4) is 0 Å². The third-order valence-corrected chi connectivity index (χ3v) is 2.68. The fourth-order valence-corrected chi connectivity index (χ4v) is 1.70. The van der Waals surface area contributed by atoms with E-state index < -0.39 is 0 Å². The minimum absolute atomic E-state index is 0.694. The SMILES string of the molecule is [CH2]Cc1nc(CCCC)cc(CCCC)n1. The van der Waals surface area contributed by atoms with Crippen molar-refractivity contribution in [2.45, 2.75) is 58.8 Å². The molecule has 0 aliphatic rings. The van der Waals surface area contributed by atoms with E-state index in [0.717, 1.165) is 18.7 Å². The van der Waals surface area contributed by atoms with Crippen LogP contribution < -0.4 is 0 Å². The van der Waals surface area contributed by atoms with E-state index in [1.165, 1.54) is 37.1 Å². The van der Waals surface area contributed by atoms with Gasteiger partial charge in [0.1, 0.15) is 5.82 Å². The van der Waals surface area contributed by atoms with Crippen molar-refractivity contribution in [3.05, 3.63) is 30.2 Å². The van der Waals surface area contributed by atoms with Crippen molar-refractivity contribution in [1.82, 2.24) is 9.97 Å². The molecule has 0 aromatic carbocycles. The summed E-state index contributed by atoms with van der Waals surface area (Å²) >= 11 is 0. The second-order valence-electron chi connectivity index (χ2n) is 4.22.